The van der Waals surface area contributed by atoms with Gasteiger partial charge in [0.05, 0.1) is 17.9 Å². The Morgan fingerprint density at radius 1 is 0.886 bits per heavy atom. The van der Waals surface area contributed by atoms with Gasteiger partial charge in [0.15, 0.2) is 11.5 Å². The summed E-state index contributed by atoms with van der Waals surface area (Å²) in [6.07, 6.45) is 0. The number of benzene rings is 3. The summed E-state index contributed by atoms with van der Waals surface area (Å²) in [6.45, 7) is 3.35. The van der Waals surface area contributed by atoms with Crippen LogP contribution in [0, 0.1) is 18.6 Å². The SMILES string of the molecule is CCOC(=O)c1c(C)nc(-c2ccccc2OCc2ccccc2F)n1OCc1ccccc1F. The quantitative estimate of drug-likeness (QED) is 0.297. The zero-order valence-corrected chi connectivity index (χ0v) is 19.3. The van der Waals surface area contributed by atoms with Gasteiger partial charge in [0.25, 0.3) is 0 Å². The average Bonchev–Trinajstić information content (AvgIpc) is 3.19. The molecule has 35 heavy (non-hydrogen) atoms. The lowest BCUT2D eigenvalue weighted by Gasteiger charge is -2.16. The lowest BCUT2D eigenvalue weighted by molar-refractivity contribution is 0.0424. The van der Waals surface area contributed by atoms with Crippen molar-refractivity contribution in [3.05, 3.63) is 107 Å². The van der Waals surface area contributed by atoms with Crippen LogP contribution in [0.15, 0.2) is 72.8 Å². The number of ether oxygens (including phenoxy) is 2. The number of carbonyl (C=O) groups is 1. The molecule has 1 heterocycles. The Morgan fingerprint density at radius 3 is 2.14 bits per heavy atom. The number of para-hydroxylation sites is 1. The number of imidazole rings is 1. The smallest absolute Gasteiger partial charge is 0.360 e. The van der Waals surface area contributed by atoms with E-state index in [2.05, 4.69) is 4.98 Å². The van der Waals surface area contributed by atoms with Gasteiger partial charge in [-0.1, -0.05) is 48.5 Å². The first-order valence-electron chi connectivity index (χ1n) is 11.1. The zero-order valence-electron chi connectivity index (χ0n) is 19.3. The number of rotatable bonds is 9. The van der Waals surface area contributed by atoms with Crippen molar-refractivity contribution < 1.29 is 27.9 Å². The van der Waals surface area contributed by atoms with E-state index in [0.717, 1.165) is 0 Å². The molecule has 4 aromatic rings. The molecule has 0 aliphatic heterocycles. The second-order valence-electron chi connectivity index (χ2n) is 7.63. The number of hydrogen-bond acceptors (Lipinski definition) is 5. The van der Waals surface area contributed by atoms with Crippen molar-refractivity contribution in [2.45, 2.75) is 27.1 Å². The van der Waals surface area contributed by atoms with Crippen molar-refractivity contribution in [1.82, 2.24) is 9.71 Å². The van der Waals surface area contributed by atoms with E-state index in [1.807, 2.05) is 0 Å². The molecule has 4 rings (SSSR count). The van der Waals surface area contributed by atoms with Crippen LogP contribution in [-0.4, -0.2) is 22.3 Å². The maximum atomic E-state index is 14.2. The molecular formula is C27H24F2N2O4. The number of aryl methyl sites for hydroxylation is 1. The topological polar surface area (TPSA) is 62.6 Å². The maximum Gasteiger partial charge on any atom is 0.360 e. The molecule has 0 N–H and O–H groups in total. The Bertz CT molecular complexity index is 1340. The summed E-state index contributed by atoms with van der Waals surface area (Å²) in [5, 5.41) is 0. The molecule has 6 nitrogen and oxygen atoms in total. The fraction of sp³-hybridized carbons (Fsp3) is 0.185. The zero-order chi connectivity index (χ0) is 24.8. The van der Waals surface area contributed by atoms with Crippen LogP contribution in [0.2, 0.25) is 0 Å². The summed E-state index contributed by atoms with van der Waals surface area (Å²) in [7, 11) is 0. The summed E-state index contributed by atoms with van der Waals surface area (Å²) in [4.78, 5) is 23.2. The molecule has 0 bridgehead atoms. The number of hydrogen-bond donors (Lipinski definition) is 0. The highest BCUT2D eigenvalue weighted by atomic mass is 19.1. The molecule has 1 aromatic heterocycles. The molecule has 0 fully saturated rings. The number of halogens is 2. The lowest BCUT2D eigenvalue weighted by Crippen LogP contribution is -2.21. The van der Waals surface area contributed by atoms with Crippen LogP contribution in [0.3, 0.4) is 0 Å². The van der Waals surface area contributed by atoms with Gasteiger partial charge in [0, 0.05) is 11.1 Å². The van der Waals surface area contributed by atoms with Crippen LogP contribution < -0.4 is 9.57 Å². The van der Waals surface area contributed by atoms with Crippen LogP contribution in [0.5, 0.6) is 5.75 Å². The summed E-state index contributed by atoms with van der Waals surface area (Å²) < 4.78 is 40.7. The third-order valence-electron chi connectivity index (χ3n) is 5.26. The lowest BCUT2D eigenvalue weighted by atomic mass is 10.2. The largest absolute Gasteiger partial charge is 0.488 e. The van der Waals surface area contributed by atoms with Gasteiger partial charge < -0.3 is 14.3 Å². The van der Waals surface area contributed by atoms with Crippen molar-refractivity contribution in [3.63, 3.8) is 0 Å². The van der Waals surface area contributed by atoms with Gasteiger partial charge in [-0.3, -0.25) is 0 Å². The van der Waals surface area contributed by atoms with Crippen molar-refractivity contribution in [1.29, 1.82) is 0 Å². The van der Waals surface area contributed by atoms with Crippen LogP contribution >= 0.6 is 0 Å². The maximum absolute atomic E-state index is 14.2. The standard InChI is InChI=1S/C27H24F2N2O4/c1-3-33-27(32)25-18(2)30-26(31(25)35-17-20-11-5-8-14-23(20)29)21-12-6-9-15-24(21)34-16-19-10-4-7-13-22(19)28/h4-15H,3,16-17H2,1-2H3. The number of carbonyl (C=O) groups excluding carboxylic acids is 1. The van der Waals surface area contributed by atoms with Gasteiger partial charge in [0.2, 0.25) is 0 Å². The van der Waals surface area contributed by atoms with Gasteiger partial charge in [0.1, 0.15) is 30.6 Å². The number of nitrogens with zero attached hydrogens (tertiary/aromatic N) is 2. The number of aromatic nitrogens is 2. The predicted octanol–water partition coefficient (Wildman–Crippen LogP) is 5.52. The molecule has 0 atom stereocenters. The van der Waals surface area contributed by atoms with Crippen molar-refractivity contribution in [2.24, 2.45) is 0 Å². The Hall–Kier alpha value is -4.20. The minimum atomic E-state index is -0.623. The average molecular weight is 478 g/mol. The van der Waals surface area contributed by atoms with Gasteiger partial charge in [-0.15, -0.1) is 0 Å². The van der Waals surface area contributed by atoms with Gasteiger partial charge in [-0.2, -0.15) is 4.73 Å². The van der Waals surface area contributed by atoms with E-state index in [1.165, 1.54) is 16.9 Å². The molecular weight excluding hydrogens is 454 g/mol. The molecule has 0 unspecified atom stereocenters. The highest BCUT2D eigenvalue weighted by Crippen LogP contribution is 2.31. The van der Waals surface area contributed by atoms with Crippen LogP contribution in [0.4, 0.5) is 8.78 Å². The number of esters is 1. The van der Waals surface area contributed by atoms with E-state index in [4.69, 9.17) is 14.3 Å². The van der Waals surface area contributed by atoms with Crippen molar-refractivity contribution >= 4 is 5.97 Å². The van der Waals surface area contributed by atoms with Gasteiger partial charge in [-0.25, -0.2) is 18.6 Å². The Morgan fingerprint density at radius 2 is 1.49 bits per heavy atom. The van der Waals surface area contributed by atoms with Crippen molar-refractivity contribution in [2.75, 3.05) is 6.61 Å². The van der Waals surface area contributed by atoms with Gasteiger partial charge in [-0.05, 0) is 38.1 Å². The fourth-order valence-corrected chi connectivity index (χ4v) is 3.53. The molecule has 3 aromatic carbocycles. The molecule has 0 saturated heterocycles. The minimum absolute atomic E-state index is 0.00973. The Balaban J connectivity index is 1.72. The van der Waals surface area contributed by atoms with E-state index in [9.17, 15) is 13.6 Å². The second-order valence-corrected chi connectivity index (χ2v) is 7.63. The highest BCUT2D eigenvalue weighted by Gasteiger charge is 2.26. The highest BCUT2D eigenvalue weighted by molar-refractivity contribution is 5.90. The van der Waals surface area contributed by atoms with E-state index in [0.29, 0.717) is 28.1 Å². The van der Waals surface area contributed by atoms with E-state index in [-0.39, 0.29) is 37.2 Å². The van der Waals surface area contributed by atoms with Crippen molar-refractivity contribution in [3.8, 4) is 17.1 Å². The molecule has 0 aliphatic carbocycles. The molecule has 0 radical (unpaired) electrons. The molecule has 8 heteroatoms. The first-order chi connectivity index (χ1) is 17.0. The monoisotopic (exact) mass is 478 g/mol. The summed E-state index contributed by atoms with van der Waals surface area (Å²) in [6, 6.07) is 19.5. The Kier molecular flexibility index (Phi) is 7.40. The minimum Gasteiger partial charge on any atom is -0.488 e. The van der Waals surface area contributed by atoms with E-state index >= 15 is 0 Å². The first-order valence-corrected chi connectivity index (χ1v) is 11.1. The normalized spacial score (nSPS) is 10.7. The predicted molar refractivity (Wildman–Crippen MR) is 126 cm³/mol. The molecule has 0 aliphatic rings. The molecule has 180 valence electrons. The fourth-order valence-electron chi connectivity index (χ4n) is 3.53. The first kappa shape index (κ1) is 23.9. The third-order valence-corrected chi connectivity index (χ3v) is 5.26. The van der Waals surface area contributed by atoms with Gasteiger partial charge >= 0.3 is 5.97 Å². The van der Waals surface area contributed by atoms with E-state index < -0.39 is 11.8 Å². The second kappa shape index (κ2) is 10.8. The van der Waals surface area contributed by atoms with Crippen LogP contribution in [-0.2, 0) is 18.0 Å². The third kappa shape index (κ3) is 5.32. The molecule has 0 spiro atoms. The molecule has 0 saturated carbocycles. The summed E-state index contributed by atoms with van der Waals surface area (Å²) in [5.74, 6) is -0.752. The van der Waals surface area contributed by atoms with Crippen LogP contribution in [0.1, 0.15) is 34.2 Å². The molecule has 0 amide bonds. The Labute approximate surface area is 201 Å². The summed E-state index contributed by atoms with van der Waals surface area (Å²) in [5.41, 5.74) is 1.67. The van der Waals surface area contributed by atoms with E-state index in [1.54, 1.807) is 74.5 Å². The summed E-state index contributed by atoms with van der Waals surface area (Å²) >= 11 is 0. The van der Waals surface area contributed by atoms with Crippen LogP contribution in [0.25, 0.3) is 11.4 Å².